The molecule has 0 aliphatic carbocycles. The number of carbonyl (C=O) groups is 1. The predicted octanol–water partition coefficient (Wildman–Crippen LogP) is 3.70. The van der Waals surface area contributed by atoms with Crippen molar-refractivity contribution < 1.29 is 22.7 Å². The van der Waals surface area contributed by atoms with Crippen LogP contribution in [0.25, 0.3) is 0 Å². The molecular formula is C28H30N2O5S. The minimum atomic E-state index is -3.93. The molecule has 0 saturated heterocycles. The Balaban J connectivity index is 1.74. The van der Waals surface area contributed by atoms with Crippen molar-refractivity contribution in [1.29, 1.82) is 0 Å². The number of nitrogens with one attached hydrogen (secondary N) is 2. The van der Waals surface area contributed by atoms with Crippen LogP contribution in [0.15, 0.2) is 71.6 Å². The molecule has 2 N–H and O–H groups in total. The third kappa shape index (κ3) is 7.11. The van der Waals surface area contributed by atoms with Crippen molar-refractivity contribution in [3.05, 3.63) is 89.0 Å². The van der Waals surface area contributed by atoms with Crippen LogP contribution in [0.5, 0.6) is 11.5 Å². The van der Waals surface area contributed by atoms with Crippen LogP contribution in [-0.4, -0.2) is 34.6 Å². The number of hydrogen-bond donors (Lipinski definition) is 2. The fourth-order valence-corrected chi connectivity index (χ4v) is 4.69. The quantitative estimate of drug-likeness (QED) is 0.387. The molecule has 0 saturated carbocycles. The van der Waals surface area contributed by atoms with E-state index in [1.165, 1.54) is 19.2 Å². The van der Waals surface area contributed by atoms with E-state index in [4.69, 9.17) is 15.9 Å². The van der Waals surface area contributed by atoms with Crippen molar-refractivity contribution in [1.82, 2.24) is 10.0 Å². The first-order valence-electron chi connectivity index (χ1n) is 11.4. The average Bonchev–Trinajstić information content (AvgIpc) is 2.87. The van der Waals surface area contributed by atoms with E-state index in [1.54, 1.807) is 30.3 Å². The van der Waals surface area contributed by atoms with Crippen LogP contribution in [0, 0.1) is 26.2 Å². The number of aryl methyl sites for hydroxylation is 2. The second-order valence-electron chi connectivity index (χ2n) is 8.30. The summed E-state index contributed by atoms with van der Waals surface area (Å²) in [4.78, 5) is 13.3. The summed E-state index contributed by atoms with van der Waals surface area (Å²) in [7, 11) is -2.40. The van der Waals surface area contributed by atoms with Crippen molar-refractivity contribution in [2.75, 3.05) is 20.3 Å². The number of amides is 1. The highest BCUT2D eigenvalue weighted by atomic mass is 32.2. The van der Waals surface area contributed by atoms with Gasteiger partial charge in [0, 0.05) is 6.54 Å². The normalized spacial score (nSPS) is 11.8. The summed E-state index contributed by atoms with van der Waals surface area (Å²) in [5.41, 5.74) is 3.40. The van der Waals surface area contributed by atoms with E-state index in [0.717, 1.165) is 16.7 Å². The van der Waals surface area contributed by atoms with E-state index < -0.39 is 22.0 Å². The molecule has 36 heavy (non-hydrogen) atoms. The van der Waals surface area contributed by atoms with Crippen molar-refractivity contribution in [3.8, 4) is 23.8 Å². The summed E-state index contributed by atoms with van der Waals surface area (Å²) < 4.78 is 39.5. The lowest BCUT2D eigenvalue weighted by Gasteiger charge is -2.19. The lowest BCUT2D eigenvalue weighted by molar-refractivity contribution is -0.122. The van der Waals surface area contributed by atoms with Gasteiger partial charge in [-0.2, -0.15) is 4.72 Å². The molecule has 8 heteroatoms. The third-order valence-corrected chi connectivity index (χ3v) is 6.97. The summed E-state index contributed by atoms with van der Waals surface area (Å²) in [6.07, 6.45) is 5.75. The standard InChI is InChI=1S/C28H30N2O5S/c1-5-18-35-25-15-10-22(19-26(25)34-4)16-17-29-28(31)27(23-11-6-20(2)7-12-23)30-36(32,33)24-13-8-21(3)9-14-24/h1,6-15,19,27,30H,16-18H2,2-4H3,(H,29,31). The first kappa shape index (κ1) is 26.8. The van der Waals surface area contributed by atoms with Gasteiger partial charge in [-0.05, 0) is 55.7 Å². The van der Waals surface area contributed by atoms with E-state index >= 15 is 0 Å². The summed E-state index contributed by atoms with van der Waals surface area (Å²) in [5, 5.41) is 2.85. The molecule has 1 amide bonds. The molecule has 0 heterocycles. The highest BCUT2D eigenvalue weighted by molar-refractivity contribution is 7.89. The molecule has 188 valence electrons. The Labute approximate surface area is 212 Å². The molecule has 0 fully saturated rings. The van der Waals surface area contributed by atoms with Gasteiger partial charge in [0.25, 0.3) is 0 Å². The van der Waals surface area contributed by atoms with Crippen molar-refractivity contribution in [2.24, 2.45) is 0 Å². The fraction of sp³-hybridized carbons (Fsp3) is 0.250. The molecular weight excluding hydrogens is 476 g/mol. The minimum Gasteiger partial charge on any atom is -0.493 e. The number of sulfonamides is 1. The van der Waals surface area contributed by atoms with E-state index in [1.807, 2.05) is 38.1 Å². The first-order valence-corrected chi connectivity index (χ1v) is 12.9. The summed E-state index contributed by atoms with van der Waals surface area (Å²) in [6.45, 7) is 4.22. The number of terminal acetylenes is 1. The Kier molecular flexibility index (Phi) is 9.12. The van der Waals surface area contributed by atoms with Crippen LogP contribution in [0.4, 0.5) is 0 Å². The first-order chi connectivity index (χ1) is 17.2. The van der Waals surface area contributed by atoms with Crippen LogP contribution >= 0.6 is 0 Å². The van der Waals surface area contributed by atoms with Gasteiger partial charge in [0.1, 0.15) is 12.6 Å². The summed E-state index contributed by atoms with van der Waals surface area (Å²) in [5.74, 6) is 3.04. The molecule has 3 aromatic carbocycles. The number of hydrogen-bond acceptors (Lipinski definition) is 5. The molecule has 0 radical (unpaired) electrons. The topological polar surface area (TPSA) is 93.7 Å². The van der Waals surface area contributed by atoms with E-state index in [0.29, 0.717) is 30.0 Å². The van der Waals surface area contributed by atoms with Gasteiger partial charge < -0.3 is 14.8 Å². The monoisotopic (exact) mass is 506 g/mol. The van der Waals surface area contributed by atoms with Crippen LogP contribution in [0.3, 0.4) is 0 Å². The lowest BCUT2D eigenvalue weighted by Crippen LogP contribution is -2.41. The molecule has 0 aliphatic heterocycles. The van der Waals surface area contributed by atoms with Gasteiger partial charge in [0.05, 0.1) is 12.0 Å². The average molecular weight is 507 g/mol. The van der Waals surface area contributed by atoms with Gasteiger partial charge in [-0.1, -0.05) is 59.5 Å². The largest absolute Gasteiger partial charge is 0.493 e. The van der Waals surface area contributed by atoms with Crippen LogP contribution < -0.4 is 19.5 Å². The zero-order chi connectivity index (χ0) is 26.1. The Morgan fingerprint density at radius 1 is 0.972 bits per heavy atom. The maximum absolute atomic E-state index is 13.2. The van der Waals surface area contributed by atoms with E-state index in [-0.39, 0.29) is 11.5 Å². The Morgan fingerprint density at radius 2 is 1.61 bits per heavy atom. The molecule has 0 aliphatic rings. The molecule has 7 nitrogen and oxygen atoms in total. The molecule has 0 aromatic heterocycles. The SMILES string of the molecule is C#CCOc1ccc(CCNC(=O)C(NS(=O)(=O)c2ccc(C)cc2)c2ccc(C)cc2)cc1OC. The smallest absolute Gasteiger partial charge is 0.242 e. The van der Waals surface area contributed by atoms with Crippen molar-refractivity contribution in [3.63, 3.8) is 0 Å². The number of carbonyl (C=O) groups excluding carboxylic acids is 1. The van der Waals surface area contributed by atoms with Gasteiger partial charge in [-0.15, -0.1) is 6.42 Å². The van der Waals surface area contributed by atoms with Crippen LogP contribution in [-0.2, 0) is 21.2 Å². The maximum atomic E-state index is 13.2. The van der Waals surface area contributed by atoms with Crippen LogP contribution in [0.1, 0.15) is 28.3 Å². The number of benzene rings is 3. The Morgan fingerprint density at radius 3 is 2.22 bits per heavy atom. The molecule has 3 rings (SSSR count). The van der Waals surface area contributed by atoms with Gasteiger partial charge in [0.15, 0.2) is 11.5 Å². The fourth-order valence-electron chi connectivity index (χ4n) is 3.51. The van der Waals surface area contributed by atoms with Gasteiger partial charge in [0.2, 0.25) is 15.9 Å². The predicted molar refractivity (Wildman–Crippen MR) is 139 cm³/mol. The van der Waals surface area contributed by atoms with Crippen molar-refractivity contribution in [2.45, 2.75) is 31.2 Å². The Hall–Kier alpha value is -3.80. The number of rotatable bonds is 11. The third-order valence-electron chi connectivity index (χ3n) is 5.53. The van der Waals surface area contributed by atoms with Gasteiger partial charge >= 0.3 is 0 Å². The lowest BCUT2D eigenvalue weighted by atomic mass is 10.1. The van der Waals surface area contributed by atoms with Gasteiger partial charge in [-0.25, -0.2) is 8.42 Å². The molecule has 1 atom stereocenters. The highest BCUT2D eigenvalue weighted by Gasteiger charge is 2.27. The van der Waals surface area contributed by atoms with Gasteiger partial charge in [-0.3, -0.25) is 4.79 Å². The van der Waals surface area contributed by atoms with E-state index in [9.17, 15) is 13.2 Å². The zero-order valence-corrected chi connectivity index (χ0v) is 21.4. The number of methoxy groups -OCH3 is 1. The van der Waals surface area contributed by atoms with Crippen LogP contribution in [0.2, 0.25) is 0 Å². The molecule has 3 aromatic rings. The minimum absolute atomic E-state index is 0.0947. The summed E-state index contributed by atoms with van der Waals surface area (Å²) >= 11 is 0. The second kappa shape index (κ2) is 12.2. The zero-order valence-electron chi connectivity index (χ0n) is 20.6. The molecule has 0 bridgehead atoms. The summed E-state index contributed by atoms with van der Waals surface area (Å²) in [6, 6.07) is 18.0. The number of ether oxygens (including phenoxy) is 2. The van der Waals surface area contributed by atoms with E-state index in [2.05, 4.69) is 16.0 Å². The highest BCUT2D eigenvalue weighted by Crippen LogP contribution is 2.28. The molecule has 1 unspecified atom stereocenters. The maximum Gasteiger partial charge on any atom is 0.242 e. The Bertz CT molecular complexity index is 1330. The molecule has 0 spiro atoms. The second-order valence-corrected chi connectivity index (χ2v) is 10.0. The van der Waals surface area contributed by atoms with Crippen molar-refractivity contribution >= 4 is 15.9 Å².